The highest BCUT2D eigenvalue weighted by Crippen LogP contribution is 2.19. The zero-order valence-corrected chi connectivity index (χ0v) is 10.3. The van der Waals surface area contributed by atoms with E-state index in [1.807, 2.05) is 25.2 Å². The molecule has 0 aliphatic heterocycles. The average Bonchev–Trinajstić information content (AvgIpc) is 2.40. The second-order valence-corrected chi connectivity index (χ2v) is 4.38. The monoisotopic (exact) mass is 228 g/mol. The van der Waals surface area contributed by atoms with Crippen LogP contribution in [0.4, 0.5) is 0 Å². The lowest BCUT2D eigenvalue weighted by Crippen LogP contribution is -2.35. The molecular weight excluding hydrogens is 212 g/mol. The second-order valence-electron chi connectivity index (χ2n) is 4.38. The van der Waals surface area contributed by atoms with Gasteiger partial charge in [0.2, 0.25) is 0 Å². The van der Waals surface area contributed by atoms with Crippen molar-refractivity contribution < 1.29 is 0 Å². The molecule has 0 amide bonds. The van der Waals surface area contributed by atoms with Crippen molar-refractivity contribution in [2.75, 3.05) is 7.05 Å². The number of pyridine rings is 1. The van der Waals surface area contributed by atoms with Gasteiger partial charge in [-0.3, -0.25) is 4.98 Å². The molecule has 2 aromatic heterocycles. The number of hydrogen-bond donors (Lipinski definition) is 1. The van der Waals surface area contributed by atoms with Crippen LogP contribution in [0.1, 0.15) is 19.7 Å². The van der Waals surface area contributed by atoms with Gasteiger partial charge in [0.05, 0.1) is 11.2 Å². The molecule has 0 spiro atoms. The van der Waals surface area contributed by atoms with Crippen molar-refractivity contribution in [3.05, 3.63) is 42.6 Å². The van der Waals surface area contributed by atoms with Crippen LogP contribution in [-0.2, 0) is 5.54 Å². The Labute approximate surface area is 101 Å². The van der Waals surface area contributed by atoms with Crippen molar-refractivity contribution >= 4 is 0 Å². The predicted octanol–water partition coefficient (Wildman–Crippen LogP) is 1.99. The van der Waals surface area contributed by atoms with E-state index in [0.717, 1.165) is 17.1 Å². The Balaban J connectivity index is 2.42. The molecule has 4 nitrogen and oxygen atoms in total. The van der Waals surface area contributed by atoms with Gasteiger partial charge in [-0.2, -0.15) is 0 Å². The van der Waals surface area contributed by atoms with Crippen LogP contribution in [0.3, 0.4) is 0 Å². The lowest BCUT2D eigenvalue weighted by molar-refractivity contribution is 0.417. The number of aromatic nitrogens is 3. The van der Waals surface area contributed by atoms with Gasteiger partial charge in [-0.15, -0.1) is 0 Å². The van der Waals surface area contributed by atoms with Gasteiger partial charge >= 0.3 is 0 Å². The minimum absolute atomic E-state index is 0.238. The molecule has 0 aliphatic carbocycles. The molecule has 0 atom stereocenters. The summed E-state index contributed by atoms with van der Waals surface area (Å²) in [5, 5.41) is 3.20. The molecule has 0 saturated heterocycles. The molecule has 2 heterocycles. The van der Waals surface area contributed by atoms with E-state index in [4.69, 9.17) is 0 Å². The van der Waals surface area contributed by atoms with Crippen molar-refractivity contribution in [2.45, 2.75) is 19.4 Å². The van der Waals surface area contributed by atoms with E-state index in [-0.39, 0.29) is 5.54 Å². The molecule has 4 heteroatoms. The Bertz CT molecular complexity index is 494. The average molecular weight is 228 g/mol. The fraction of sp³-hybridized carbons (Fsp3) is 0.308. The molecule has 17 heavy (non-hydrogen) atoms. The minimum Gasteiger partial charge on any atom is -0.308 e. The highest BCUT2D eigenvalue weighted by atomic mass is 15.0. The van der Waals surface area contributed by atoms with Crippen molar-refractivity contribution in [3.8, 4) is 11.3 Å². The number of nitrogens with zero attached hydrogens (tertiary/aromatic N) is 3. The summed E-state index contributed by atoms with van der Waals surface area (Å²) >= 11 is 0. The van der Waals surface area contributed by atoms with Crippen LogP contribution in [0.15, 0.2) is 36.8 Å². The third kappa shape index (κ3) is 2.47. The van der Waals surface area contributed by atoms with E-state index in [9.17, 15) is 0 Å². The summed E-state index contributed by atoms with van der Waals surface area (Å²) in [7, 11) is 1.90. The second kappa shape index (κ2) is 4.59. The van der Waals surface area contributed by atoms with Crippen LogP contribution in [0.5, 0.6) is 0 Å². The Morgan fingerprint density at radius 2 is 2.00 bits per heavy atom. The fourth-order valence-electron chi connectivity index (χ4n) is 1.45. The Morgan fingerprint density at radius 3 is 2.65 bits per heavy atom. The largest absolute Gasteiger partial charge is 0.308 e. The first kappa shape index (κ1) is 11.7. The fourth-order valence-corrected chi connectivity index (χ4v) is 1.45. The number of hydrogen-bond acceptors (Lipinski definition) is 4. The van der Waals surface area contributed by atoms with Crippen LogP contribution in [0, 0.1) is 0 Å². The van der Waals surface area contributed by atoms with Gasteiger partial charge in [-0.25, -0.2) is 9.97 Å². The Hall–Kier alpha value is -1.81. The molecule has 0 aliphatic rings. The molecule has 0 saturated carbocycles. The molecule has 1 N–H and O–H groups in total. The summed E-state index contributed by atoms with van der Waals surface area (Å²) in [5.41, 5.74) is 1.66. The molecule has 0 unspecified atom stereocenters. The van der Waals surface area contributed by atoms with Crippen molar-refractivity contribution in [3.63, 3.8) is 0 Å². The van der Waals surface area contributed by atoms with Crippen LogP contribution in [0.25, 0.3) is 11.3 Å². The summed E-state index contributed by atoms with van der Waals surface area (Å²) in [4.78, 5) is 13.0. The van der Waals surface area contributed by atoms with Crippen molar-refractivity contribution in [2.24, 2.45) is 0 Å². The van der Waals surface area contributed by atoms with Crippen molar-refractivity contribution in [1.29, 1.82) is 0 Å². The van der Waals surface area contributed by atoms with E-state index >= 15 is 0 Å². The molecule has 2 aromatic rings. The van der Waals surface area contributed by atoms with Gasteiger partial charge in [-0.1, -0.05) is 0 Å². The van der Waals surface area contributed by atoms with Gasteiger partial charge in [0.15, 0.2) is 0 Å². The summed E-state index contributed by atoms with van der Waals surface area (Å²) in [6.07, 6.45) is 5.34. The smallest absolute Gasteiger partial charge is 0.148 e. The Morgan fingerprint density at radius 1 is 1.18 bits per heavy atom. The normalized spacial score (nSPS) is 11.5. The first-order valence-corrected chi connectivity index (χ1v) is 5.56. The standard InChI is InChI=1S/C13H16N4/c1-13(2,14-3)12-16-8-6-11(17-12)10-5-4-7-15-9-10/h4-9,14H,1-3H3. The topological polar surface area (TPSA) is 50.7 Å². The summed E-state index contributed by atoms with van der Waals surface area (Å²) in [5.74, 6) is 0.779. The maximum absolute atomic E-state index is 4.57. The minimum atomic E-state index is -0.238. The molecule has 0 bridgehead atoms. The van der Waals surface area contributed by atoms with Gasteiger partial charge in [0.25, 0.3) is 0 Å². The van der Waals surface area contributed by atoms with Crippen LogP contribution < -0.4 is 5.32 Å². The molecule has 0 aromatic carbocycles. The van der Waals surface area contributed by atoms with Crippen LogP contribution in [0.2, 0.25) is 0 Å². The van der Waals surface area contributed by atoms with E-state index in [0.29, 0.717) is 0 Å². The quantitative estimate of drug-likeness (QED) is 0.873. The molecule has 88 valence electrons. The zero-order chi connectivity index (χ0) is 12.3. The third-order valence-electron chi connectivity index (χ3n) is 2.80. The van der Waals surface area contributed by atoms with E-state index in [1.54, 1.807) is 18.6 Å². The number of nitrogens with one attached hydrogen (secondary N) is 1. The van der Waals surface area contributed by atoms with E-state index in [2.05, 4.69) is 34.1 Å². The molecule has 0 radical (unpaired) electrons. The highest BCUT2D eigenvalue weighted by molar-refractivity contribution is 5.57. The SMILES string of the molecule is CNC(C)(C)c1nccc(-c2cccnc2)n1. The molecular formula is C13H16N4. The van der Waals surface area contributed by atoms with Crippen LogP contribution in [-0.4, -0.2) is 22.0 Å². The first-order chi connectivity index (χ1) is 8.13. The third-order valence-corrected chi connectivity index (χ3v) is 2.80. The Kier molecular flexibility index (Phi) is 3.15. The van der Waals surface area contributed by atoms with Crippen molar-refractivity contribution in [1.82, 2.24) is 20.3 Å². The summed E-state index contributed by atoms with van der Waals surface area (Å²) < 4.78 is 0. The van der Waals surface area contributed by atoms with Gasteiger partial charge in [0.1, 0.15) is 5.82 Å². The first-order valence-electron chi connectivity index (χ1n) is 5.56. The summed E-state index contributed by atoms with van der Waals surface area (Å²) in [6, 6.07) is 5.79. The van der Waals surface area contributed by atoms with Gasteiger partial charge < -0.3 is 5.32 Å². The van der Waals surface area contributed by atoms with Gasteiger partial charge in [0, 0.05) is 24.2 Å². The lowest BCUT2D eigenvalue weighted by atomic mass is 10.0. The van der Waals surface area contributed by atoms with E-state index < -0.39 is 0 Å². The highest BCUT2D eigenvalue weighted by Gasteiger charge is 2.21. The lowest BCUT2D eigenvalue weighted by Gasteiger charge is -2.22. The maximum atomic E-state index is 4.57. The van der Waals surface area contributed by atoms with Gasteiger partial charge in [-0.05, 0) is 39.1 Å². The predicted molar refractivity (Wildman–Crippen MR) is 67.3 cm³/mol. The number of rotatable bonds is 3. The molecule has 2 rings (SSSR count). The zero-order valence-electron chi connectivity index (χ0n) is 10.3. The molecule has 0 fully saturated rings. The van der Waals surface area contributed by atoms with Crippen LogP contribution >= 0.6 is 0 Å². The maximum Gasteiger partial charge on any atom is 0.148 e. The summed E-state index contributed by atoms with van der Waals surface area (Å²) in [6.45, 7) is 4.10. The van der Waals surface area contributed by atoms with E-state index in [1.165, 1.54) is 0 Å².